The zero-order valence-electron chi connectivity index (χ0n) is 18.0. The molecule has 0 saturated carbocycles. The summed E-state index contributed by atoms with van der Waals surface area (Å²) in [5, 5.41) is 3.06. The third-order valence-electron chi connectivity index (χ3n) is 4.71. The molecule has 0 fully saturated rings. The zero-order chi connectivity index (χ0) is 22.8. The van der Waals surface area contributed by atoms with E-state index in [1.165, 1.54) is 4.68 Å². The predicted molar refractivity (Wildman–Crippen MR) is 128 cm³/mol. The highest BCUT2D eigenvalue weighted by molar-refractivity contribution is 7.92. The van der Waals surface area contributed by atoms with Gasteiger partial charge in [0.1, 0.15) is 0 Å². The predicted octanol–water partition coefficient (Wildman–Crippen LogP) is 3.64. The first-order chi connectivity index (χ1) is 14.5. The van der Waals surface area contributed by atoms with E-state index in [4.69, 9.17) is 0 Å². The SMILES string of the molecule is C=C(C=Cc1ccc(N(C)C)cc1)c1c(C)[nH]n(-c2ccc(NS(C)(=O)=O)cc2)c1=O. The number of rotatable bonds is 7. The van der Waals surface area contributed by atoms with Crippen molar-refractivity contribution in [2.75, 3.05) is 30.0 Å². The molecular formula is C23H26N4O3S. The highest BCUT2D eigenvalue weighted by atomic mass is 32.2. The average Bonchev–Trinajstić information content (AvgIpc) is 3.00. The maximum Gasteiger partial charge on any atom is 0.279 e. The summed E-state index contributed by atoms with van der Waals surface area (Å²) < 4.78 is 26.5. The molecule has 0 amide bonds. The van der Waals surface area contributed by atoms with Crippen LogP contribution in [-0.4, -0.2) is 38.5 Å². The number of benzene rings is 2. The molecule has 2 N–H and O–H groups in total. The maximum atomic E-state index is 13.0. The van der Waals surface area contributed by atoms with Gasteiger partial charge in [-0.25, -0.2) is 13.1 Å². The van der Waals surface area contributed by atoms with E-state index in [2.05, 4.69) is 16.4 Å². The minimum Gasteiger partial charge on any atom is -0.378 e. The number of anilines is 2. The average molecular weight is 439 g/mol. The summed E-state index contributed by atoms with van der Waals surface area (Å²) in [5.41, 5.74) is 4.71. The van der Waals surface area contributed by atoms with E-state index in [-0.39, 0.29) is 5.56 Å². The highest BCUT2D eigenvalue weighted by Crippen LogP contribution is 2.19. The van der Waals surface area contributed by atoms with Crippen molar-refractivity contribution in [2.24, 2.45) is 0 Å². The van der Waals surface area contributed by atoms with Crippen LogP contribution in [0.25, 0.3) is 17.3 Å². The molecule has 0 aliphatic carbocycles. The minimum atomic E-state index is -3.36. The molecule has 0 radical (unpaired) electrons. The van der Waals surface area contributed by atoms with Crippen LogP contribution in [0.5, 0.6) is 0 Å². The van der Waals surface area contributed by atoms with Crippen LogP contribution in [-0.2, 0) is 10.0 Å². The van der Waals surface area contributed by atoms with Crippen molar-refractivity contribution in [3.05, 3.63) is 88.4 Å². The molecule has 31 heavy (non-hydrogen) atoms. The highest BCUT2D eigenvalue weighted by Gasteiger charge is 2.14. The van der Waals surface area contributed by atoms with E-state index in [1.54, 1.807) is 24.3 Å². The Labute approximate surface area is 182 Å². The molecule has 0 spiro atoms. The number of nitrogens with zero attached hydrogens (tertiary/aromatic N) is 2. The lowest BCUT2D eigenvalue weighted by molar-refractivity contribution is 0.607. The number of aromatic amines is 1. The Morgan fingerprint density at radius 1 is 1.10 bits per heavy atom. The van der Waals surface area contributed by atoms with Gasteiger partial charge in [0.05, 0.1) is 17.5 Å². The molecule has 3 aromatic rings. The standard InChI is InChI=1S/C23H26N4O3S/c1-16(6-7-18-8-12-20(13-9-18)26(3)4)22-17(2)24-27(23(22)28)21-14-10-19(11-15-21)25-31(5,29)30/h6-15,24-25H,1H2,2-5H3. The number of allylic oxidation sites excluding steroid dienone is 2. The first kappa shape index (κ1) is 22.2. The molecule has 0 aliphatic heterocycles. The second-order valence-electron chi connectivity index (χ2n) is 7.52. The van der Waals surface area contributed by atoms with Crippen molar-refractivity contribution in [1.29, 1.82) is 0 Å². The van der Waals surface area contributed by atoms with E-state index in [0.29, 0.717) is 28.2 Å². The van der Waals surface area contributed by atoms with E-state index < -0.39 is 10.0 Å². The van der Waals surface area contributed by atoms with Gasteiger partial charge >= 0.3 is 0 Å². The van der Waals surface area contributed by atoms with Crippen LogP contribution in [0.15, 0.2) is 66.0 Å². The Hall–Kier alpha value is -3.52. The molecule has 0 saturated heterocycles. The summed E-state index contributed by atoms with van der Waals surface area (Å²) in [6.07, 6.45) is 4.83. The van der Waals surface area contributed by atoms with Gasteiger partial charge in [0.2, 0.25) is 10.0 Å². The monoisotopic (exact) mass is 438 g/mol. The molecular weight excluding hydrogens is 412 g/mol. The molecule has 1 aromatic heterocycles. The van der Waals surface area contributed by atoms with Gasteiger partial charge in [0.25, 0.3) is 5.56 Å². The molecule has 0 aliphatic rings. The number of aromatic nitrogens is 2. The number of sulfonamides is 1. The van der Waals surface area contributed by atoms with Gasteiger partial charge in [-0.3, -0.25) is 14.6 Å². The molecule has 0 bridgehead atoms. The molecule has 0 atom stereocenters. The summed E-state index contributed by atoms with van der Waals surface area (Å²) in [4.78, 5) is 15.0. The fourth-order valence-corrected chi connectivity index (χ4v) is 3.73. The Bertz CT molecular complexity index is 1280. The molecule has 2 aromatic carbocycles. The van der Waals surface area contributed by atoms with Crippen LogP contribution < -0.4 is 15.2 Å². The van der Waals surface area contributed by atoms with Gasteiger partial charge in [0, 0.05) is 31.2 Å². The molecule has 1 heterocycles. The zero-order valence-corrected chi connectivity index (χ0v) is 18.8. The molecule has 3 rings (SSSR count). The molecule has 162 valence electrons. The van der Waals surface area contributed by atoms with E-state index in [0.717, 1.165) is 17.5 Å². The van der Waals surface area contributed by atoms with Gasteiger partial charge in [0.15, 0.2) is 0 Å². The lowest BCUT2D eigenvalue weighted by atomic mass is 10.1. The summed E-state index contributed by atoms with van der Waals surface area (Å²) in [6.45, 7) is 5.88. The van der Waals surface area contributed by atoms with Gasteiger partial charge < -0.3 is 4.90 Å². The van der Waals surface area contributed by atoms with Crippen LogP contribution in [0, 0.1) is 6.92 Å². The first-order valence-corrected chi connectivity index (χ1v) is 11.5. The molecule has 0 unspecified atom stereocenters. The van der Waals surface area contributed by atoms with Crippen molar-refractivity contribution < 1.29 is 8.42 Å². The topological polar surface area (TPSA) is 87.2 Å². The minimum absolute atomic E-state index is 0.223. The van der Waals surface area contributed by atoms with Crippen LogP contribution in [0.1, 0.15) is 16.8 Å². The fourth-order valence-electron chi connectivity index (χ4n) is 3.16. The smallest absolute Gasteiger partial charge is 0.279 e. The van der Waals surface area contributed by atoms with Gasteiger partial charge in [-0.2, -0.15) is 0 Å². The van der Waals surface area contributed by atoms with Crippen molar-refractivity contribution >= 4 is 33.0 Å². The van der Waals surface area contributed by atoms with Crippen LogP contribution >= 0.6 is 0 Å². The third kappa shape index (κ3) is 5.35. The van der Waals surface area contributed by atoms with Crippen molar-refractivity contribution in [3.8, 4) is 5.69 Å². The first-order valence-electron chi connectivity index (χ1n) is 9.60. The number of H-pyrrole nitrogens is 1. The Kier molecular flexibility index (Phi) is 6.21. The second-order valence-corrected chi connectivity index (χ2v) is 9.27. The number of hydrogen-bond donors (Lipinski definition) is 2. The normalized spacial score (nSPS) is 11.6. The van der Waals surface area contributed by atoms with E-state index in [9.17, 15) is 13.2 Å². The van der Waals surface area contributed by atoms with E-state index in [1.807, 2.05) is 62.3 Å². The summed E-state index contributed by atoms with van der Waals surface area (Å²) >= 11 is 0. The van der Waals surface area contributed by atoms with E-state index >= 15 is 0 Å². The van der Waals surface area contributed by atoms with Crippen LogP contribution in [0.2, 0.25) is 0 Å². The van der Waals surface area contributed by atoms with Crippen molar-refractivity contribution in [2.45, 2.75) is 6.92 Å². The quantitative estimate of drug-likeness (QED) is 0.552. The lowest BCUT2D eigenvalue weighted by Gasteiger charge is -2.11. The molecule has 8 heteroatoms. The number of aryl methyl sites for hydroxylation is 1. The van der Waals surface area contributed by atoms with Gasteiger partial charge in [-0.1, -0.05) is 30.9 Å². The lowest BCUT2D eigenvalue weighted by Crippen LogP contribution is -2.17. The third-order valence-corrected chi connectivity index (χ3v) is 5.31. The maximum absolute atomic E-state index is 13.0. The Morgan fingerprint density at radius 3 is 2.26 bits per heavy atom. The molecule has 7 nitrogen and oxygen atoms in total. The van der Waals surface area contributed by atoms with Crippen LogP contribution in [0.3, 0.4) is 0 Å². The Morgan fingerprint density at radius 2 is 1.71 bits per heavy atom. The number of hydrogen-bond acceptors (Lipinski definition) is 4. The largest absolute Gasteiger partial charge is 0.378 e. The second kappa shape index (κ2) is 8.69. The Balaban J connectivity index is 1.83. The summed E-state index contributed by atoms with van der Waals surface area (Å²) in [5.74, 6) is 0. The van der Waals surface area contributed by atoms with Crippen LogP contribution in [0.4, 0.5) is 11.4 Å². The number of nitrogens with one attached hydrogen (secondary N) is 2. The summed E-state index contributed by atoms with van der Waals surface area (Å²) in [7, 11) is 0.616. The van der Waals surface area contributed by atoms with Crippen molar-refractivity contribution in [3.63, 3.8) is 0 Å². The van der Waals surface area contributed by atoms with Crippen molar-refractivity contribution in [1.82, 2.24) is 9.78 Å². The fraction of sp³-hybridized carbons (Fsp3) is 0.174. The van der Waals surface area contributed by atoms with Gasteiger partial charge in [-0.05, 0) is 54.5 Å². The summed E-state index contributed by atoms with van der Waals surface area (Å²) in [6, 6.07) is 14.6. The van der Waals surface area contributed by atoms with Gasteiger partial charge in [-0.15, -0.1) is 0 Å².